The molecule has 0 unspecified atom stereocenters. The molecule has 0 fully saturated rings. The highest BCUT2D eigenvalue weighted by Crippen LogP contribution is 2.25. The number of hydrogen-bond donors (Lipinski definition) is 1. The van der Waals surface area contributed by atoms with E-state index in [1.54, 1.807) is 11.8 Å². The fourth-order valence-corrected chi connectivity index (χ4v) is 4.20. The lowest BCUT2D eigenvalue weighted by Crippen LogP contribution is -2.21. The number of nitrogens with one attached hydrogen (secondary N) is 1. The Balaban J connectivity index is 2.56. The van der Waals surface area contributed by atoms with Crippen LogP contribution in [0.25, 0.3) is 0 Å². The molecule has 0 saturated heterocycles. The van der Waals surface area contributed by atoms with Gasteiger partial charge in [-0.15, -0.1) is 11.8 Å². The zero-order valence-corrected chi connectivity index (χ0v) is 14.7. The van der Waals surface area contributed by atoms with Gasteiger partial charge < -0.3 is 5.32 Å². The molecule has 6 heteroatoms. The summed E-state index contributed by atoms with van der Waals surface area (Å²) >= 11 is 5.12. The van der Waals surface area contributed by atoms with Crippen LogP contribution in [0.3, 0.4) is 0 Å². The van der Waals surface area contributed by atoms with Gasteiger partial charge in [0.1, 0.15) is 9.84 Å². The summed E-state index contributed by atoms with van der Waals surface area (Å²) in [5.74, 6) is 0.806. The molecule has 108 valence electrons. The largest absolute Gasteiger partial charge is 0.310 e. The van der Waals surface area contributed by atoms with Crippen LogP contribution in [-0.2, 0) is 16.4 Å². The Labute approximate surface area is 128 Å². The SMILES string of the molecule is CC(C)NCc1ccc(SCCS(C)(=O)=O)cc1Br. The average Bonchev–Trinajstić information content (AvgIpc) is 2.26. The van der Waals surface area contributed by atoms with Gasteiger partial charge in [-0.2, -0.15) is 0 Å². The zero-order chi connectivity index (χ0) is 14.5. The molecular weight excluding hydrogens is 346 g/mol. The Kier molecular flexibility index (Phi) is 6.86. The maximum absolute atomic E-state index is 11.1. The maximum Gasteiger partial charge on any atom is 0.148 e. The van der Waals surface area contributed by atoms with Gasteiger partial charge >= 0.3 is 0 Å². The molecule has 1 aromatic carbocycles. The summed E-state index contributed by atoms with van der Waals surface area (Å²) in [6.07, 6.45) is 1.27. The third kappa shape index (κ3) is 7.34. The first-order valence-electron chi connectivity index (χ1n) is 6.10. The van der Waals surface area contributed by atoms with Crippen LogP contribution < -0.4 is 5.32 Å². The van der Waals surface area contributed by atoms with Crippen LogP contribution in [0.4, 0.5) is 0 Å². The Morgan fingerprint density at radius 2 is 2.05 bits per heavy atom. The van der Waals surface area contributed by atoms with E-state index in [1.165, 1.54) is 11.8 Å². The lowest BCUT2D eigenvalue weighted by atomic mass is 10.2. The molecule has 3 nitrogen and oxygen atoms in total. The molecule has 0 aliphatic heterocycles. The minimum absolute atomic E-state index is 0.214. The van der Waals surface area contributed by atoms with Crippen LogP contribution in [0.15, 0.2) is 27.6 Å². The standard InChI is InChI=1S/C13H20BrNO2S2/c1-10(2)15-9-11-4-5-12(8-13(11)14)18-6-7-19(3,16)17/h4-5,8,10,15H,6-7,9H2,1-3H3. The Bertz CT molecular complexity index is 515. The molecule has 0 bridgehead atoms. The second-order valence-corrected chi connectivity index (χ2v) is 9.05. The molecule has 1 N–H and O–H groups in total. The van der Waals surface area contributed by atoms with E-state index in [0.717, 1.165) is 15.9 Å². The summed E-state index contributed by atoms with van der Waals surface area (Å²) in [5, 5.41) is 3.37. The van der Waals surface area contributed by atoms with Crippen molar-refractivity contribution in [3.63, 3.8) is 0 Å². The van der Waals surface area contributed by atoms with Crippen molar-refractivity contribution in [2.45, 2.75) is 31.3 Å². The summed E-state index contributed by atoms with van der Waals surface area (Å²) in [4.78, 5) is 1.09. The predicted octanol–water partition coefficient (Wildman–Crippen LogP) is 3.08. The molecule has 19 heavy (non-hydrogen) atoms. The van der Waals surface area contributed by atoms with Crippen LogP contribution in [0.1, 0.15) is 19.4 Å². The first-order valence-corrected chi connectivity index (χ1v) is 9.94. The van der Waals surface area contributed by atoms with Gasteiger partial charge in [0, 0.05) is 34.0 Å². The van der Waals surface area contributed by atoms with E-state index >= 15 is 0 Å². The van der Waals surface area contributed by atoms with Gasteiger partial charge in [0.05, 0.1) is 5.75 Å². The molecule has 0 spiro atoms. The van der Waals surface area contributed by atoms with Crippen LogP contribution in [0.2, 0.25) is 0 Å². The van der Waals surface area contributed by atoms with Crippen molar-refractivity contribution >= 4 is 37.5 Å². The van der Waals surface area contributed by atoms with Crippen LogP contribution in [0, 0.1) is 0 Å². The molecule has 0 aromatic heterocycles. The molecule has 0 heterocycles. The molecule has 0 aliphatic rings. The van der Waals surface area contributed by atoms with E-state index in [-0.39, 0.29) is 5.75 Å². The topological polar surface area (TPSA) is 46.2 Å². The number of halogens is 1. The fraction of sp³-hybridized carbons (Fsp3) is 0.538. The maximum atomic E-state index is 11.1. The third-order valence-corrected chi connectivity index (χ3v) is 5.39. The van der Waals surface area contributed by atoms with Crippen molar-refractivity contribution in [1.82, 2.24) is 5.32 Å². The van der Waals surface area contributed by atoms with Gasteiger partial charge in [-0.3, -0.25) is 0 Å². The van der Waals surface area contributed by atoms with Gasteiger partial charge in [0.15, 0.2) is 0 Å². The Hall–Kier alpha value is -0.0400. The lowest BCUT2D eigenvalue weighted by molar-refractivity contribution is 0.587. The number of rotatable bonds is 7. The van der Waals surface area contributed by atoms with Crippen molar-refractivity contribution in [1.29, 1.82) is 0 Å². The van der Waals surface area contributed by atoms with E-state index in [4.69, 9.17) is 0 Å². The molecule has 0 radical (unpaired) electrons. The molecular formula is C13H20BrNO2S2. The van der Waals surface area contributed by atoms with Gasteiger partial charge in [-0.25, -0.2) is 8.42 Å². The van der Waals surface area contributed by atoms with Gasteiger partial charge in [-0.1, -0.05) is 35.8 Å². The molecule has 0 saturated carbocycles. The second-order valence-electron chi connectivity index (χ2n) is 4.77. The number of thioether (sulfide) groups is 1. The van der Waals surface area contributed by atoms with Crippen molar-refractivity contribution in [2.24, 2.45) is 0 Å². The molecule has 1 aromatic rings. The minimum Gasteiger partial charge on any atom is -0.310 e. The monoisotopic (exact) mass is 365 g/mol. The Morgan fingerprint density at radius 3 is 2.58 bits per heavy atom. The first-order chi connectivity index (χ1) is 8.78. The van der Waals surface area contributed by atoms with Crippen LogP contribution >= 0.6 is 27.7 Å². The van der Waals surface area contributed by atoms with Gasteiger partial charge in [0.25, 0.3) is 0 Å². The Morgan fingerprint density at radius 1 is 1.37 bits per heavy atom. The van der Waals surface area contributed by atoms with Crippen molar-refractivity contribution in [3.8, 4) is 0 Å². The van der Waals surface area contributed by atoms with Crippen LogP contribution in [-0.4, -0.2) is 32.2 Å². The highest BCUT2D eigenvalue weighted by molar-refractivity contribution is 9.10. The van der Waals surface area contributed by atoms with Gasteiger partial charge in [-0.05, 0) is 17.7 Å². The number of benzene rings is 1. The van der Waals surface area contributed by atoms with Crippen molar-refractivity contribution in [2.75, 3.05) is 17.8 Å². The molecule has 1 rings (SSSR count). The quantitative estimate of drug-likeness (QED) is 0.754. The summed E-state index contributed by atoms with van der Waals surface area (Å²) in [5.41, 5.74) is 1.21. The highest BCUT2D eigenvalue weighted by atomic mass is 79.9. The number of sulfone groups is 1. The second kappa shape index (κ2) is 7.67. The minimum atomic E-state index is -2.87. The van der Waals surface area contributed by atoms with Gasteiger partial charge in [0.2, 0.25) is 0 Å². The normalized spacial score (nSPS) is 12.1. The lowest BCUT2D eigenvalue weighted by Gasteiger charge is -2.11. The summed E-state index contributed by atoms with van der Waals surface area (Å²) < 4.78 is 23.2. The van der Waals surface area contributed by atoms with E-state index < -0.39 is 9.84 Å². The van der Waals surface area contributed by atoms with E-state index in [2.05, 4.69) is 41.2 Å². The molecule has 0 amide bonds. The smallest absolute Gasteiger partial charge is 0.148 e. The highest BCUT2D eigenvalue weighted by Gasteiger charge is 2.05. The molecule has 0 atom stereocenters. The van der Waals surface area contributed by atoms with Crippen molar-refractivity contribution < 1.29 is 8.42 Å². The summed E-state index contributed by atoms with van der Waals surface area (Å²) in [6.45, 7) is 5.05. The van der Waals surface area contributed by atoms with E-state index in [1.807, 2.05) is 12.1 Å². The first kappa shape index (κ1) is 17.0. The van der Waals surface area contributed by atoms with E-state index in [9.17, 15) is 8.42 Å². The third-order valence-electron chi connectivity index (χ3n) is 2.45. The zero-order valence-electron chi connectivity index (χ0n) is 11.4. The van der Waals surface area contributed by atoms with Crippen molar-refractivity contribution in [3.05, 3.63) is 28.2 Å². The fourth-order valence-electron chi connectivity index (χ4n) is 1.39. The molecule has 0 aliphatic carbocycles. The summed E-state index contributed by atoms with van der Waals surface area (Å²) in [7, 11) is -2.87. The average molecular weight is 366 g/mol. The summed E-state index contributed by atoms with van der Waals surface area (Å²) in [6, 6.07) is 6.61. The number of hydrogen-bond acceptors (Lipinski definition) is 4. The predicted molar refractivity (Wildman–Crippen MR) is 86.6 cm³/mol. The van der Waals surface area contributed by atoms with Crippen LogP contribution in [0.5, 0.6) is 0 Å². The van der Waals surface area contributed by atoms with E-state index in [0.29, 0.717) is 11.8 Å².